The summed E-state index contributed by atoms with van der Waals surface area (Å²) in [6, 6.07) is 7.21. The van der Waals surface area contributed by atoms with Gasteiger partial charge in [-0.1, -0.05) is 31.0 Å². The second kappa shape index (κ2) is 8.48. The number of nitrogens with zero attached hydrogens (tertiary/aromatic N) is 1. The number of carbonyl (C=O) groups is 2. The Hall–Kier alpha value is -1.88. The molecule has 136 valence electrons. The molecule has 1 amide bonds. The summed E-state index contributed by atoms with van der Waals surface area (Å²) in [5.74, 6) is -0.344. The molecule has 0 unspecified atom stereocenters. The summed E-state index contributed by atoms with van der Waals surface area (Å²) in [7, 11) is 0. The van der Waals surface area contributed by atoms with Crippen LogP contribution in [0.2, 0.25) is 0 Å². The lowest BCUT2D eigenvalue weighted by Crippen LogP contribution is -2.41. The lowest BCUT2D eigenvalue weighted by molar-refractivity contribution is -0.139. The number of carbonyl (C=O) groups excluding carboxylic acids is 1. The topological polar surface area (TPSA) is 66.8 Å². The van der Waals surface area contributed by atoms with Gasteiger partial charge in [0.05, 0.1) is 11.7 Å². The Balaban J connectivity index is 1.45. The summed E-state index contributed by atoms with van der Waals surface area (Å²) in [4.78, 5) is 25.5. The fourth-order valence-corrected chi connectivity index (χ4v) is 3.94. The van der Waals surface area contributed by atoms with Gasteiger partial charge in [-0.2, -0.15) is 0 Å². The molecule has 5 heteroatoms. The second-order valence-electron chi connectivity index (χ2n) is 7.21. The first-order valence-electron chi connectivity index (χ1n) is 9.34. The van der Waals surface area contributed by atoms with Gasteiger partial charge < -0.3 is 14.7 Å². The maximum atomic E-state index is 12.3. The molecule has 1 aliphatic carbocycles. The molecule has 1 saturated carbocycles. The van der Waals surface area contributed by atoms with E-state index in [9.17, 15) is 14.7 Å². The molecule has 3 rings (SSSR count). The molecule has 1 aliphatic heterocycles. The number of likely N-dealkylation sites (tertiary alicyclic amines) is 1. The van der Waals surface area contributed by atoms with Gasteiger partial charge in [-0.15, -0.1) is 0 Å². The van der Waals surface area contributed by atoms with Crippen LogP contribution in [-0.2, 0) is 16.0 Å². The van der Waals surface area contributed by atoms with E-state index in [1.807, 2.05) is 17.0 Å². The number of benzene rings is 1. The average molecular weight is 345 g/mol. The molecule has 1 saturated heterocycles. The average Bonchev–Trinajstić information content (AvgIpc) is 3.14. The van der Waals surface area contributed by atoms with Crippen LogP contribution in [0.5, 0.6) is 0 Å². The van der Waals surface area contributed by atoms with Gasteiger partial charge in [0.1, 0.15) is 6.61 Å². The first-order chi connectivity index (χ1) is 12.1. The summed E-state index contributed by atoms with van der Waals surface area (Å²) in [6.45, 7) is 1.69. The van der Waals surface area contributed by atoms with Crippen LogP contribution in [0.15, 0.2) is 24.3 Å². The van der Waals surface area contributed by atoms with E-state index in [0.29, 0.717) is 11.5 Å². The smallest absolute Gasteiger partial charge is 0.335 e. The van der Waals surface area contributed by atoms with Crippen molar-refractivity contribution in [2.45, 2.75) is 51.0 Å². The van der Waals surface area contributed by atoms with Gasteiger partial charge in [0.25, 0.3) is 0 Å². The van der Waals surface area contributed by atoms with Crippen molar-refractivity contribution >= 4 is 11.9 Å². The fourth-order valence-electron chi connectivity index (χ4n) is 3.94. The van der Waals surface area contributed by atoms with E-state index in [0.717, 1.165) is 50.8 Å². The maximum absolute atomic E-state index is 12.3. The zero-order valence-corrected chi connectivity index (χ0v) is 14.7. The van der Waals surface area contributed by atoms with Crippen LogP contribution in [-0.4, -0.2) is 47.7 Å². The predicted molar refractivity (Wildman–Crippen MR) is 94.6 cm³/mol. The van der Waals surface area contributed by atoms with Crippen molar-refractivity contribution in [3.8, 4) is 0 Å². The molecule has 1 heterocycles. The van der Waals surface area contributed by atoms with E-state index in [2.05, 4.69) is 0 Å². The summed E-state index contributed by atoms with van der Waals surface area (Å²) >= 11 is 0. The number of hydrogen-bond donors (Lipinski definition) is 1. The molecule has 1 aromatic carbocycles. The molecule has 0 aromatic heterocycles. The molecule has 0 bridgehead atoms. The van der Waals surface area contributed by atoms with Gasteiger partial charge in [-0.3, -0.25) is 4.79 Å². The summed E-state index contributed by atoms with van der Waals surface area (Å²) in [5, 5.41) is 9.29. The number of carboxylic acids is 1. The highest BCUT2D eigenvalue weighted by Gasteiger charge is 2.25. The van der Waals surface area contributed by atoms with Crippen molar-refractivity contribution in [2.75, 3.05) is 19.7 Å². The molecule has 1 N–H and O–H groups in total. The Morgan fingerprint density at radius 3 is 2.44 bits per heavy atom. The normalized spacial score (nSPS) is 19.3. The van der Waals surface area contributed by atoms with Crippen LogP contribution in [0.25, 0.3) is 0 Å². The summed E-state index contributed by atoms with van der Waals surface area (Å²) in [5.41, 5.74) is 1.29. The Labute approximate surface area is 149 Å². The Kier molecular flexibility index (Phi) is 6.08. The minimum Gasteiger partial charge on any atom is -0.478 e. The van der Waals surface area contributed by atoms with Crippen LogP contribution < -0.4 is 0 Å². The molecule has 25 heavy (non-hydrogen) atoms. The maximum Gasteiger partial charge on any atom is 0.335 e. The predicted octanol–water partition coefficient (Wildman–Crippen LogP) is 3.13. The third-order valence-electron chi connectivity index (χ3n) is 5.47. The molecular weight excluding hydrogens is 318 g/mol. The van der Waals surface area contributed by atoms with Crippen molar-refractivity contribution < 1.29 is 19.4 Å². The van der Waals surface area contributed by atoms with Crippen molar-refractivity contribution in [3.63, 3.8) is 0 Å². The number of amides is 1. The van der Waals surface area contributed by atoms with Crippen molar-refractivity contribution in [3.05, 3.63) is 35.4 Å². The second-order valence-corrected chi connectivity index (χ2v) is 7.21. The van der Waals surface area contributed by atoms with Crippen molar-refractivity contribution in [1.29, 1.82) is 0 Å². The quantitative estimate of drug-likeness (QED) is 0.860. The fraction of sp³-hybridized carbons (Fsp3) is 0.600. The molecule has 0 atom stereocenters. The van der Waals surface area contributed by atoms with Gasteiger partial charge in [0.2, 0.25) is 5.91 Å². The van der Waals surface area contributed by atoms with E-state index in [4.69, 9.17) is 4.74 Å². The lowest BCUT2D eigenvalue weighted by Gasteiger charge is -2.32. The minimum atomic E-state index is -0.868. The molecule has 2 aliphatic rings. The van der Waals surface area contributed by atoms with E-state index >= 15 is 0 Å². The molecule has 0 spiro atoms. The van der Waals surface area contributed by atoms with Crippen LogP contribution in [0.1, 0.15) is 54.4 Å². The molecule has 5 nitrogen and oxygen atoms in total. The number of ether oxygens (including phenoxy) is 1. The largest absolute Gasteiger partial charge is 0.478 e. The standard InChI is InChI=1S/C20H27NO4/c22-19(14-25-17-6-2-3-7-17)21-11-9-15(10-12-21)13-16-5-1-4-8-18(16)20(23)24/h1,4-5,8,15,17H,2-3,6-7,9-14H2,(H,23,24). The number of piperidine rings is 1. The van der Waals surface area contributed by atoms with Crippen LogP contribution in [0.3, 0.4) is 0 Å². The lowest BCUT2D eigenvalue weighted by atomic mass is 9.88. The van der Waals surface area contributed by atoms with Crippen LogP contribution in [0, 0.1) is 5.92 Å². The molecule has 2 fully saturated rings. The highest BCUT2D eigenvalue weighted by Crippen LogP contribution is 2.24. The number of hydrogen-bond acceptors (Lipinski definition) is 3. The summed E-state index contributed by atoms with van der Waals surface area (Å²) in [6.07, 6.45) is 7.46. The van der Waals surface area contributed by atoms with E-state index in [-0.39, 0.29) is 18.6 Å². The molecular formula is C20H27NO4. The monoisotopic (exact) mass is 345 g/mol. The van der Waals surface area contributed by atoms with Crippen molar-refractivity contribution in [2.24, 2.45) is 5.92 Å². The van der Waals surface area contributed by atoms with E-state index in [1.165, 1.54) is 12.8 Å². The van der Waals surface area contributed by atoms with Gasteiger partial charge in [0, 0.05) is 13.1 Å². The number of rotatable bonds is 6. The third-order valence-corrected chi connectivity index (χ3v) is 5.47. The Morgan fingerprint density at radius 2 is 1.76 bits per heavy atom. The minimum absolute atomic E-state index is 0.0938. The van der Waals surface area contributed by atoms with E-state index < -0.39 is 5.97 Å². The first-order valence-corrected chi connectivity index (χ1v) is 9.34. The summed E-state index contributed by atoms with van der Waals surface area (Å²) < 4.78 is 5.73. The zero-order valence-electron chi connectivity index (χ0n) is 14.7. The van der Waals surface area contributed by atoms with Gasteiger partial charge in [0.15, 0.2) is 0 Å². The SMILES string of the molecule is O=C(O)c1ccccc1CC1CCN(C(=O)COC2CCCC2)CC1. The number of carboxylic acid groups (broad SMARTS) is 1. The van der Waals surface area contributed by atoms with Gasteiger partial charge >= 0.3 is 5.97 Å². The third kappa shape index (κ3) is 4.82. The van der Waals surface area contributed by atoms with Crippen molar-refractivity contribution in [1.82, 2.24) is 4.90 Å². The highest BCUT2D eigenvalue weighted by molar-refractivity contribution is 5.89. The molecule has 1 aromatic rings. The van der Waals surface area contributed by atoms with Gasteiger partial charge in [-0.05, 0) is 49.7 Å². The number of aromatic carboxylic acids is 1. The van der Waals surface area contributed by atoms with Crippen LogP contribution >= 0.6 is 0 Å². The Bertz CT molecular complexity index is 601. The first kappa shape index (κ1) is 17.9. The Morgan fingerprint density at radius 1 is 1.08 bits per heavy atom. The highest BCUT2D eigenvalue weighted by atomic mass is 16.5. The van der Waals surface area contributed by atoms with Crippen LogP contribution in [0.4, 0.5) is 0 Å². The van der Waals surface area contributed by atoms with Gasteiger partial charge in [-0.25, -0.2) is 4.79 Å². The van der Waals surface area contributed by atoms with E-state index in [1.54, 1.807) is 12.1 Å². The molecule has 0 radical (unpaired) electrons. The zero-order chi connectivity index (χ0) is 17.6.